The van der Waals surface area contributed by atoms with Crippen molar-refractivity contribution in [3.05, 3.63) is 34.6 Å². The molecule has 1 saturated heterocycles. The maximum atomic E-state index is 13.9. The Kier molecular flexibility index (Phi) is 8.51. The Morgan fingerprint density at radius 3 is 2.42 bits per heavy atom. The van der Waals surface area contributed by atoms with Crippen LogP contribution in [0, 0.1) is 5.82 Å². The van der Waals surface area contributed by atoms with Crippen molar-refractivity contribution < 1.29 is 18.8 Å². The number of nitrogens with one attached hydrogen (secondary N) is 2. The third kappa shape index (κ3) is 6.82. The molecule has 0 bridgehead atoms. The summed E-state index contributed by atoms with van der Waals surface area (Å²) >= 11 is 5.87. The van der Waals surface area contributed by atoms with Crippen molar-refractivity contribution in [2.75, 3.05) is 32.7 Å². The number of nitrogens with zero attached hydrogens (tertiary/aromatic N) is 2. The SMILES string of the molecule is O=C(NCCCC(=O)N1CCN(C(=O)c2cc(Cl)ccc2F)CC1)NC1CCCCC1. The maximum Gasteiger partial charge on any atom is 0.315 e. The molecule has 0 atom stereocenters. The van der Waals surface area contributed by atoms with Gasteiger partial charge in [-0.15, -0.1) is 0 Å². The smallest absolute Gasteiger partial charge is 0.315 e. The predicted molar refractivity (Wildman–Crippen MR) is 117 cm³/mol. The van der Waals surface area contributed by atoms with Crippen LogP contribution in [-0.2, 0) is 4.79 Å². The second-order valence-corrected chi connectivity index (χ2v) is 8.57. The number of halogens is 2. The summed E-state index contributed by atoms with van der Waals surface area (Å²) < 4.78 is 13.9. The van der Waals surface area contributed by atoms with Crippen LogP contribution in [0.3, 0.4) is 0 Å². The highest BCUT2D eigenvalue weighted by Crippen LogP contribution is 2.18. The number of amides is 4. The molecule has 1 aliphatic heterocycles. The molecule has 0 radical (unpaired) electrons. The van der Waals surface area contributed by atoms with E-state index in [2.05, 4.69) is 10.6 Å². The summed E-state index contributed by atoms with van der Waals surface area (Å²) in [6.07, 6.45) is 6.51. The number of carbonyl (C=O) groups is 3. The standard InChI is InChI=1S/C22H30ClFN4O3/c23-16-8-9-19(24)18(15-16)21(30)28-13-11-27(12-14-28)20(29)7-4-10-25-22(31)26-17-5-2-1-3-6-17/h8-9,15,17H,1-7,10-14H2,(H2,25,26,31). The average molecular weight is 453 g/mol. The molecule has 4 amide bonds. The largest absolute Gasteiger partial charge is 0.339 e. The van der Waals surface area contributed by atoms with Gasteiger partial charge in [-0.25, -0.2) is 9.18 Å². The van der Waals surface area contributed by atoms with Crippen molar-refractivity contribution in [2.45, 2.75) is 51.0 Å². The zero-order valence-electron chi connectivity index (χ0n) is 17.7. The van der Waals surface area contributed by atoms with Crippen LogP contribution in [0.15, 0.2) is 18.2 Å². The molecule has 1 aromatic rings. The summed E-state index contributed by atoms with van der Waals surface area (Å²) in [6.45, 7) is 1.94. The summed E-state index contributed by atoms with van der Waals surface area (Å²) in [5, 5.41) is 6.11. The molecule has 1 saturated carbocycles. The monoisotopic (exact) mass is 452 g/mol. The van der Waals surface area contributed by atoms with Gasteiger partial charge in [-0.05, 0) is 37.5 Å². The lowest BCUT2D eigenvalue weighted by atomic mass is 9.96. The van der Waals surface area contributed by atoms with Gasteiger partial charge in [-0.3, -0.25) is 9.59 Å². The van der Waals surface area contributed by atoms with Crippen molar-refractivity contribution in [2.24, 2.45) is 0 Å². The Labute approximate surface area is 187 Å². The lowest BCUT2D eigenvalue weighted by Gasteiger charge is -2.35. The van der Waals surface area contributed by atoms with Crippen LogP contribution >= 0.6 is 11.6 Å². The third-order valence-corrected chi connectivity index (χ3v) is 6.11. The van der Waals surface area contributed by atoms with E-state index in [-0.39, 0.29) is 23.5 Å². The summed E-state index contributed by atoms with van der Waals surface area (Å²) in [7, 11) is 0. The van der Waals surface area contributed by atoms with Gasteiger partial charge in [0, 0.05) is 50.2 Å². The number of benzene rings is 1. The minimum absolute atomic E-state index is 0.00414. The highest BCUT2D eigenvalue weighted by Gasteiger charge is 2.26. The molecule has 170 valence electrons. The number of rotatable bonds is 6. The van der Waals surface area contributed by atoms with Gasteiger partial charge in [0.25, 0.3) is 5.91 Å². The first-order valence-corrected chi connectivity index (χ1v) is 11.4. The van der Waals surface area contributed by atoms with Gasteiger partial charge in [0.2, 0.25) is 5.91 Å². The summed E-state index contributed by atoms with van der Waals surface area (Å²) in [4.78, 5) is 40.1. The highest BCUT2D eigenvalue weighted by molar-refractivity contribution is 6.31. The number of piperazine rings is 1. The summed E-state index contributed by atoms with van der Waals surface area (Å²) in [6, 6.07) is 4.00. The van der Waals surface area contributed by atoms with Crippen molar-refractivity contribution in [1.29, 1.82) is 0 Å². The molecular weight excluding hydrogens is 423 g/mol. The summed E-state index contributed by atoms with van der Waals surface area (Å²) in [5.74, 6) is -1.02. The first kappa shape index (κ1) is 23.3. The van der Waals surface area contributed by atoms with Crippen molar-refractivity contribution in [1.82, 2.24) is 20.4 Å². The topological polar surface area (TPSA) is 81.8 Å². The Balaban J connectivity index is 1.34. The molecule has 1 heterocycles. The number of hydrogen-bond donors (Lipinski definition) is 2. The van der Waals surface area contributed by atoms with E-state index >= 15 is 0 Å². The van der Waals surface area contributed by atoms with Gasteiger partial charge in [0.15, 0.2) is 0 Å². The molecule has 0 aromatic heterocycles. The maximum absolute atomic E-state index is 13.9. The molecule has 2 N–H and O–H groups in total. The van der Waals surface area contributed by atoms with Gasteiger partial charge in [-0.2, -0.15) is 0 Å². The molecule has 0 spiro atoms. The Morgan fingerprint density at radius 1 is 1.03 bits per heavy atom. The van der Waals surface area contributed by atoms with Gasteiger partial charge in [-0.1, -0.05) is 30.9 Å². The first-order chi connectivity index (χ1) is 14.9. The number of carbonyl (C=O) groups excluding carboxylic acids is 3. The molecule has 9 heteroatoms. The van der Waals surface area contributed by atoms with Crippen molar-refractivity contribution in [3.8, 4) is 0 Å². The quantitative estimate of drug-likeness (QED) is 0.650. The molecule has 0 unspecified atom stereocenters. The lowest BCUT2D eigenvalue weighted by Crippen LogP contribution is -2.50. The second kappa shape index (κ2) is 11.3. The van der Waals surface area contributed by atoms with E-state index in [0.29, 0.717) is 50.6 Å². The number of urea groups is 1. The van der Waals surface area contributed by atoms with Crippen molar-refractivity contribution >= 4 is 29.4 Å². The predicted octanol–water partition coefficient (Wildman–Crippen LogP) is 3.18. The van der Waals surface area contributed by atoms with E-state index in [1.54, 1.807) is 4.90 Å². The fraction of sp³-hybridized carbons (Fsp3) is 0.591. The van der Waals surface area contributed by atoms with Gasteiger partial charge in [0.05, 0.1) is 5.56 Å². The minimum Gasteiger partial charge on any atom is -0.339 e. The molecule has 3 rings (SSSR count). The van der Waals surface area contributed by atoms with Crippen LogP contribution in [0.2, 0.25) is 5.02 Å². The van der Waals surface area contributed by atoms with E-state index in [1.807, 2.05) is 0 Å². The molecule has 1 aromatic carbocycles. The molecule has 1 aliphatic carbocycles. The zero-order chi connectivity index (χ0) is 22.2. The van der Waals surface area contributed by atoms with Gasteiger partial charge in [0.1, 0.15) is 5.82 Å². The normalized spacial score (nSPS) is 17.4. The van der Waals surface area contributed by atoms with Crippen LogP contribution in [-0.4, -0.2) is 66.4 Å². The lowest BCUT2D eigenvalue weighted by molar-refractivity contribution is -0.132. The Bertz CT molecular complexity index is 793. The van der Waals surface area contributed by atoms with Gasteiger partial charge >= 0.3 is 6.03 Å². The highest BCUT2D eigenvalue weighted by atomic mass is 35.5. The Hall–Kier alpha value is -2.35. The van der Waals surface area contributed by atoms with Gasteiger partial charge < -0.3 is 20.4 Å². The van der Waals surface area contributed by atoms with E-state index in [9.17, 15) is 18.8 Å². The van der Waals surface area contributed by atoms with E-state index in [0.717, 1.165) is 25.7 Å². The van der Waals surface area contributed by atoms with Crippen LogP contribution in [0.4, 0.5) is 9.18 Å². The third-order valence-electron chi connectivity index (χ3n) is 5.87. The van der Waals surface area contributed by atoms with Crippen molar-refractivity contribution in [3.63, 3.8) is 0 Å². The van der Waals surface area contributed by atoms with E-state index < -0.39 is 11.7 Å². The van der Waals surface area contributed by atoms with Crippen LogP contribution < -0.4 is 10.6 Å². The summed E-state index contributed by atoms with van der Waals surface area (Å²) in [5.41, 5.74) is -0.0511. The second-order valence-electron chi connectivity index (χ2n) is 8.14. The number of hydrogen-bond acceptors (Lipinski definition) is 3. The molecule has 31 heavy (non-hydrogen) atoms. The molecule has 2 fully saturated rings. The fourth-order valence-corrected chi connectivity index (χ4v) is 4.25. The first-order valence-electron chi connectivity index (χ1n) is 11.0. The fourth-order valence-electron chi connectivity index (χ4n) is 4.07. The van der Waals surface area contributed by atoms with Crippen LogP contribution in [0.25, 0.3) is 0 Å². The van der Waals surface area contributed by atoms with E-state index in [4.69, 9.17) is 11.6 Å². The van der Waals surface area contributed by atoms with Crippen LogP contribution in [0.5, 0.6) is 0 Å². The molecule has 2 aliphatic rings. The van der Waals surface area contributed by atoms with E-state index in [1.165, 1.54) is 29.5 Å². The molecule has 7 nitrogen and oxygen atoms in total. The van der Waals surface area contributed by atoms with Crippen LogP contribution in [0.1, 0.15) is 55.3 Å². The zero-order valence-corrected chi connectivity index (χ0v) is 18.4. The minimum atomic E-state index is -0.604. The Morgan fingerprint density at radius 2 is 1.71 bits per heavy atom. The average Bonchev–Trinajstić information content (AvgIpc) is 2.78. The molecular formula is C22H30ClFN4O3.